The van der Waals surface area contributed by atoms with Gasteiger partial charge in [-0.15, -0.1) is 0 Å². The van der Waals surface area contributed by atoms with Crippen molar-refractivity contribution in [3.63, 3.8) is 0 Å². The van der Waals surface area contributed by atoms with E-state index in [4.69, 9.17) is 24.7 Å². The number of nitrogens with zero attached hydrogens (tertiary/aromatic N) is 1. The molecule has 0 saturated heterocycles. The number of amides is 2. The average molecular weight is 746 g/mol. The van der Waals surface area contributed by atoms with Gasteiger partial charge in [0.25, 0.3) is 11.8 Å². The van der Waals surface area contributed by atoms with Gasteiger partial charge in [-0.05, 0) is 98.1 Å². The van der Waals surface area contributed by atoms with Gasteiger partial charge in [0.15, 0.2) is 23.0 Å². The second-order valence-corrected chi connectivity index (χ2v) is 13.5. The summed E-state index contributed by atoms with van der Waals surface area (Å²) in [5.74, 6) is 1.69. The number of ether oxygens (including phenoxy) is 4. The predicted octanol–water partition coefficient (Wildman–Crippen LogP) is 8.02. The number of nitrogens with one attached hydrogen (secondary N) is 2. The molecule has 4 rings (SSSR count). The van der Waals surface area contributed by atoms with Gasteiger partial charge in [-0.3, -0.25) is 9.59 Å². The highest BCUT2D eigenvalue weighted by molar-refractivity contribution is 9.10. The van der Waals surface area contributed by atoms with Crippen LogP contribution in [0.5, 0.6) is 23.0 Å². The van der Waals surface area contributed by atoms with E-state index in [9.17, 15) is 14.9 Å². The number of anilines is 2. The van der Waals surface area contributed by atoms with Crippen molar-refractivity contribution < 1.29 is 28.5 Å². The number of rotatable bonds is 11. The summed E-state index contributed by atoms with van der Waals surface area (Å²) in [6, 6.07) is 23.6. The Hall–Kier alpha value is -5.05. The van der Waals surface area contributed by atoms with Crippen molar-refractivity contribution in [3.05, 3.63) is 105 Å². The van der Waals surface area contributed by atoms with Crippen molar-refractivity contribution in [1.82, 2.24) is 0 Å². The maximum absolute atomic E-state index is 12.5. The lowest BCUT2D eigenvalue weighted by Crippen LogP contribution is -2.29. The third-order valence-electron chi connectivity index (χ3n) is 8.19. The highest BCUT2D eigenvalue weighted by atomic mass is 79.9. The number of methoxy groups -OCH3 is 4. The first-order valence-corrected chi connectivity index (χ1v) is 16.5. The third-order valence-corrected chi connectivity index (χ3v) is 8.85. The van der Waals surface area contributed by atoms with E-state index in [0.29, 0.717) is 46.4 Å². The average Bonchev–Trinajstić information content (AvgIpc) is 3.10. The van der Waals surface area contributed by atoms with E-state index in [1.54, 1.807) is 69.9 Å². The number of halogens is 1. The van der Waals surface area contributed by atoms with Crippen LogP contribution in [-0.2, 0) is 10.8 Å². The maximum Gasteiger partial charge on any atom is 0.255 e. The van der Waals surface area contributed by atoms with Crippen LogP contribution in [0.1, 0.15) is 65.1 Å². The van der Waals surface area contributed by atoms with E-state index >= 15 is 0 Å². The normalized spacial score (nSPS) is 10.9. The molecule has 0 radical (unpaired) electrons. The number of hydrogen-bond acceptors (Lipinski definition) is 8. The Bertz CT molecular complexity index is 1880. The number of aryl methyl sites for hydroxylation is 1. The second-order valence-electron chi connectivity index (χ2n) is 12.6. The molecule has 10 nitrogen and oxygen atoms in total. The minimum absolute atomic E-state index is 0.101. The fourth-order valence-corrected chi connectivity index (χ4v) is 6.01. The van der Waals surface area contributed by atoms with E-state index in [0.717, 1.165) is 21.3 Å². The van der Waals surface area contributed by atoms with Crippen LogP contribution in [0, 0.1) is 18.3 Å². The summed E-state index contributed by atoms with van der Waals surface area (Å²) in [4.78, 5) is 25.0. The van der Waals surface area contributed by atoms with Crippen LogP contribution in [-0.4, -0.2) is 46.8 Å². The van der Waals surface area contributed by atoms with Crippen LogP contribution in [0.2, 0.25) is 0 Å². The minimum Gasteiger partial charge on any atom is -0.493 e. The zero-order valence-corrected chi connectivity index (χ0v) is 31.6. The number of carbonyl (C=O) groups excluding carboxylic acids is 2. The van der Waals surface area contributed by atoms with Crippen molar-refractivity contribution in [2.24, 2.45) is 5.73 Å². The number of nitriles is 1. The molecule has 0 aliphatic heterocycles. The van der Waals surface area contributed by atoms with Crippen LogP contribution in [0.4, 0.5) is 11.4 Å². The summed E-state index contributed by atoms with van der Waals surface area (Å²) in [6.45, 7) is 10.5. The first kappa shape index (κ1) is 39.4. The van der Waals surface area contributed by atoms with Crippen LogP contribution in [0.3, 0.4) is 0 Å². The summed E-state index contributed by atoms with van der Waals surface area (Å²) in [7, 11) is 6.16. The third kappa shape index (κ3) is 9.55. The molecule has 264 valence electrons. The van der Waals surface area contributed by atoms with Gasteiger partial charge in [0, 0.05) is 38.9 Å². The molecular formula is C39H45BrN4O6. The zero-order chi connectivity index (χ0) is 37.2. The Morgan fingerprint density at radius 3 is 1.52 bits per heavy atom. The molecule has 0 aliphatic carbocycles. The summed E-state index contributed by atoms with van der Waals surface area (Å²) in [5.41, 5.74) is 10.6. The fourth-order valence-electron chi connectivity index (χ4n) is 5.13. The molecule has 4 aromatic carbocycles. The number of nitrogens with two attached hydrogens (primary N) is 1. The molecule has 0 saturated carbocycles. The molecular weight excluding hydrogens is 700 g/mol. The molecule has 0 atom stereocenters. The van der Waals surface area contributed by atoms with E-state index in [1.807, 2.05) is 45.0 Å². The molecule has 0 unspecified atom stereocenters. The molecule has 4 N–H and O–H groups in total. The Balaban J connectivity index is 0.000000270. The summed E-state index contributed by atoms with van der Waals surface area (Å²) in [6.07, 6.45) is 0. The zero-order valence-electron chi connectivity index (χ0n) is 30.0. The van der Waals surface area contributed by atoms with Crippen LogP contribution >= 0.6 is 15.9 Å². The van der Waals surface area contributed by atoms with Gasteiger partial charge in [-0.1, -0.05) is 41.9 Å². The Morgan fingerprint density at radius 1 is 0.700 bits per heavy atom. The SMILES string of the molecule is COc1ccc(C(=O)Nc2ccc(C(C)(C)C#N)c(Br)c2)cc1OC.COc1ccc(C(=O)Nc2ccc(C(C)(C)CN)c(C)c2)cc1OC. The van der Waals surface area contributed by atoms with Gasteiger partial charge in [0.05, 0.1) is 39.9 Å². The summed E-state index contributed by atoms with van der Waals surface area (Å²) < 4.78 is 21.6. The first-order valence-electron chi connectivity index (χ1n) is 15.7. The molecule has 0 bridgehead atoms. The Kier molecular flexibility index (Phi) is 13.4. The van der Waals surface area contributed by atoms with E-state index < -0.39 is 5.41 Å². The van der Waals surface area contributed by atoms with Gasteiger partial charge in [0.1, 0.15) is 0 Å². The molecule has 0 fully saturated rings. The number of carbonyl (C=O) groups is 2. The molecule has 4 aromatic rings. The fraction of sp³-hybridized carbons (Fsp3) is 0.308. The molecule has 50 heavy (non-hydrogen) atoms. The highest BCUT2D eigenvalue weighted by Crippen LogP contribution is 2.33. The lowest BCUT2D eigenvalue weighted by molar-refractivity contribution is 0.101. The van der Waals surface area contributed by atoms with Gasteiger partial charge in [-0.25, -0.2) is 0 Å². The second kappa shape index (κ2) is 17.1. The number of hydrogen-bond donors (Lipinski definition) is 3. The quantitative estimate of drug-likeness (QED) is 0.140. The van der Waals surface area contributed by atoms with E-state index in [1.165, 1.54) is 12.7 Å². The van der Waals surface area contributed by atoms with Crippen molar-refractivity contribution >= 4 is 39.1 Å². The largest absolute Gasteiger partial charge is 0.493 e. The lowest BCUT2D eigenvalue weighted by Gasteiger charge is -2.25. The van der Waals surface area contributed by atoms with Crippen LogP contribution < -0.4 is 35.3 Å². The van der Waals surface area contributed by atoms with Crippen LogP contribution in [0.15, 0.2) is 77.3 Å². The Labute approximate surface area is 303 Å². The molecule has 0 spiro atoms. The first-order chi connectivity index (χ1) is 23.6. The number of benzene rings is 4. The van der Waals surface area contributed by atoms with E-state index in [2.05, 4.69) is 46.5 Å². The molecule has 0 aliphatic rings. The highest BCUT2D eigenvalue weighted by Gasteiger charge is 2.23. The minimum atomic E-state index is -0.620. The maximum atomic E-state index is 12.5. The van der Waals surface area contributed by atoms with Crippen molar-refractivity contribution in [2.75, 3.05) is 45.6 Å². The van der Waals surface area contributed by atoms with Gasteiger partial charge in [-0.2, -0.15) is 5.26 Å². The van der Waals surface area contributed by atoms with Crippen molar-refractivity contribution in [3.8, 4) is 29.1 Å². The summed E-state index contributed by atoms with van der Waals surface area (Å²) >= 11 is 3.47. The van der Waals surface area contributed by atoms with Crippen molar-refractivity contribution in [2.45, 2.75) is 45.4 Å². The van der Waals surface area contributed by atoms with Crippen LogP contribution in [0.25, 0.3) is 0 Å². The molecule has 2 amide bonds. The van der Waals surface area contributed by atoms with Gasteiger partial charge < -0.3 is 35.3 Å². The summed E-state index contributed by atoms with van der Waals surface area (Å²) in [5, 5.41) is 15.0. The smallest absolute Gasteiger partial charge is 0.255 e. The predicted molar refractivity (Wildman–Crippen MR) is 201 cm³/mol. The van der Waals surface area contributed by atoms with E-state index in [-0.39, 0.29) is 17.2 Å². The van der Waals surface area contributed by atoms with Gasteiger partial charge in [0.2, 0.25) is 0 Å². The van der Waals surface area contributed by atoms with Gasteiger partial charge >= 0.3 is 0 Å². The standard InChI is InChI=1S/C20H26N2O3.C19H19BrN2O3/c1-13-10-15(7-8-16(13)20(2,3)12-21)22-19(23)14-6-9-17(24-4)18(11-14)25-5;1-19(2,11-21)14-7-6-13(10-15(14)20)22-18(23)12-5-8-16(24-3)17(9-12)25-4/h6-11H,12,21H2,1-5H3,(H,22,23);5-10H,1-4H3,(H,22,23). The monoisotopic (exact) mass is 744 g/mol. The Morgan fingerprint density at radius 2 is 1.14 bits per heavy atom. The molecule has 11 heteroatoms. The van der Waals surface area contributed by atoms with Crippen molar-refractivity contribution in [1.29, 1.82) is 5.26 Å². The lowest BCUT2D eigenvalue weighted by atomic mass is 9.82. The molecule has 0 aromatic heterocycles. The topological polar surface area (TPSA) is 145 Å². The molecule has 0 heterocycles.